The highest BCUT2D eigenvalue weighted by molar-refractivity contribution is 7.89. The molecular formula is C19H18F2N2O4S. The van der Waals surface area contributed by atoms with Crippen LogP contribution < -0.4 is 0 Å². The summed E-state index contributed by atoms with van der Waals surface area (Å²) in [7, 11) is -3.89. The van der Waals surface area contributed by atoms with Gasteiger partial charge in [-0.2, -0.15) is 9.57 Å². The molecule has 0 amide bonds. The molecule has 0 aliphatic carbocycles. The van der Waals surface area contributed by atoms with Crippen LogP contribution in [0.4, 0.5) is 8.78 Å². The molecule has 6 nitrogen and oxygen atoms in total. The van der Waals surface area contributed by atoms with Crippen molar-refractivity contribution in [1.82, 2.24) is 4.31 Å². The van der Waals surface area contributed by atoms with E-state index < -0.39 is 39.8 Å². The fourth-order valence-corrected chi connectivity index (χ4v) is 3.99. The Morgan fingerprint density at radius 1 is 1.11 bits per heavy atom. The highest BCUT2D eigenvalue weighted by Gasteiger charge is 2.25. The number of rotatable bonds is 7. The van der Waals surface area contributed by atoms with Crippen LogP contribution in [-0.2, 0) is 21.4 Å². The summed E-state index contributed by atoms with van der Waals surface area (Å²) in [6.07, 6.45) is 0. The first-order valence-corrected chi connectivity index (χ1v) is 9.83. The Balaban J connectivity index is 2.28. The van der Waals surface area contributed by atoms with Gasteiger partial charge in [0.05, 0.1) is 22.1 Å². The minimum Gasteiger partial charge on any atom is -0.457 e. The lowest BCUT2D eigenvalue weighted by atomic mass is 10.1. The molecule has 0 aromatic heterocycles. The third kappa shape index (κ3) is 4.52. The van der Waals surface area contributed by atoms with Crippen LogP contribution >= 0.6 is 0 Å². The van der Waals surface area contributed by atoms with Crippen molar-refractivity contribution >= 4 is 16.0 Å². The fourth-order valence-electron chi connectivity index (χ4n) is 2.51. The SMILES string of the molecule is CCN(CC)S(=O)(=O)c1ccc(F)c(C(=O)OCc2cc(C#N)ccc2F)c1. The maximum absolute atomic E-state index is 14.1. The number of benzene rings is 2. The quantitative estimate of drug-likeness (QED) is 0.657. The molecule has 0 saturated carbocycles. The highest BCUT2D eigenvalue weighted by atomic mass is 32.2. The largest absolute Gasteiger partial charge is 0.457 e. The minimum absolute atomic E-state index is 0.0558. The molecule has 2 aromatic carbocycles. The second-order valence-corrected chi connectivity index (χ2v) is 7.66. The molecule has 0 aliphatic heterocycles. The van der Waals surface area contributed by atoms with Crippen molar-refractivity contribution in [3.8, 4) is 6.07 Å². The summed E-state index contributed by atoms with van der Waals surface area (Å²) in [5, 5.41) is 8.85. The Labute approximate surface area is 162 Å². The van der Waals surface area contributed by atoms with E-state index in [9.17, 15) is 22.0 Å². The van der Waals surface area contributed by atoms with Crippen molar-refractivity contribution < 1.29 is 26.7 Å². The third-order valence-corrected chi connectivity index (χ3v) is 6.08. The molecule has 0 N–H and O–H groups in total. The van der Waals surface area contributed by atoms with E-state index in [4.69, 9.17) is 10.00 Å². The zero-order valence-corrected chi connectivity index (χ0v) is 16.1. The molecule has 2 rings (SSSR count). The van der Waals surface area contributed by atoms with E-state index in [1.807, 2.05) is 6.07 Å². The summed E-state index contributed by atoms with van der Waals surface area (Å²) in [5.74, 6) is -2.80. The Hall–Kier alpha value is -2.83. The van der Waals surface area contributed by atoms with Crippen molar-refractivity contribution in [2.75, 3.05) is 13.1 Å². The second kappa shape index (κ2) is 8.91. The lowest BCUT2D eigenvalue weighted by molar-refractivity contribution is 0.0463. The molecule has 2 aromatic rings. The number of halogens is 2. The van der Waals surface area contributed by atoms with Gasteiger partial charge in [0.1, 0.15) is 18.2 Å². The van der Waals surface area contributed by atoms with Gasteiger partial charge in [-0.1, -0.05) is 13.8 Å². The Kier molecular flexibility index (Phi) is 6.83. The van der Waals surface area contributed by atoms with E-state index in [0.29, 0.717) is 0 Å². The van der Waals surface area contributed by atoms with Gasteiger partial charge in [0, 0.05) is 18.7 Å². The van der Waals surface area contributed by atoms with Crippen molar-refractivity contribution in [3.63, 3.8) is 0 Å². The number of esters is 1. The molecular weight excluding hydrogens is 390 g/mol. The first-order chi connectivity index (χ1) is 13.2. The van der Waals surface area contributed by atoms with Crippen LogP contribution in [0, 0.1) is 23.0 Å². The average molecular weight is 408 g/mol. The van der Waals surface area contributed by atoms with E-state index in [1.165, 1.54) is 12.1 Å². The van der Waals surface area contributed by atoms with Gasteiger partial charge in [-0.25, -0.2) is 22.0 Å². The number of sulfonamides is 1. The standard InChI is InChI=1S/C19H18F2N2O4S/c1-3-23(4-2)28(25,26)15-6-8-18(21)16(10-15)19(24)27-12-14-9-13(11-22)5-7-17(14)20/h5-10H,3-4,12H2,1-2H3. The molecule has 0 aliphatic rings. The van der Waals surface area contributed by atoms with E-state index in [0.717, 1.165) is 28.6 Å². The van der Waals surface area contributed by atoms with Crippen LogP contribution in [0.3, 0.4) is 0 Å². The molecule has 0 radical (unpaired) electrons. The molecule has 28 heavy (non-hydrogen) atoms. The zero-order chi connectivity index (χ0) is 20.9. The molecule has 148 valence electrons. The van der Waals surface area contributed by atoms with Gasteiger partial charge >= 0.3 is 5.97 Å². The summed E-state index contributed by atoms with van der Waals surface area (Å²) < 4.78 is 59.0. The lowest BCUT2D eigenvalue weighted by Crippen LogP contribution is -2.30. The van der Waals surface area contributed by atoms with E-state index in [-0.39, 0.29) is 29.1 Å². The number of nitriles is 1. The van der Waals surface area contributed by atoms with E-state index >= 15 is 0 Å². The normalized spacial score (nSPS) is 11.3. The van der Waals surface area contributed by atoms with E-state index in [1.54, 1.807) is 13.8 Å². The van der Waals surface area contributed by atoms with Crippen molar-refractivity contribution in [1.29, 1.82) is 5.26 Å². The first kappa shape index (κ1) is 21.5. The molecule has 0 unspecified atom stereocenters. The Morgan fingerprint density at radius 3 is 2.36 bits per heavy atom. The van der Waals surface area contributed by atoms with Crippen LogP contribution in [0.2, 0.25) is 0 Å². The molecule has 0 spiro atoms. The highest BCUT2D eigenvalue weighted by Crippen LogP contribution is 2.21. The predicted octanol–water partition coefficient (Wildman–Crippen LogP) is 3.22. The van der Waals surface area contributed by atoms with Gasteiger partial charge in [0.2, 0.25) is 10.0 Å². The number of hydrogen-bond acceptors (Lipinski definition) is 5. The molecule has 9 heteroatoms. The molecule has 0 heterocycles. The van der Waals surface area contributed by atoms with Gasteiger partial charge in [-0.3, -0.25) is 0 Å². The Morgan fingerprint density at radius 2 is 1.75 bits per heavy atom. The summed E-state index contributed by atoms with van der Waals surface area (Å²) in [5.41, 5.74) is -0.462. The van der Waals surface area contributed by atoms with Crippen LogP contribution in [0.1, 0.15) is 35.3 Å². The van der Waals surface area contributed by atoms with Gasteiger partial charge in [-0.15, -0.1) is 0 Å². The molecule has 0 atom stereocenters. The monoisotopic (exact) mass is 408 g/mol. The number of carbonyl (C=O) groups is 1. The van der Waals surface area contributed by atoms with Crippen molar-refractivity contribution in [3.05, 3.63) is 64.7 Å². The third-order valence-electron chi connectivity index (χ3n) is 4.03. The molecule has 0 fully saturated rings. The van der Waals surface area contributed by atoms with Gasteiger partial charge in [-0.05, 0) is 36.4 Å². The zero-order valence-electron chi connectivity index (χ0n) is 15.3. The molecule has 0 bridgehead atoms. The number of ether oxygens (including phenoxy) is 1. The summed E-state index contributed by atoms with van der Waals surface area (Å²) in [6, 6.07) is 8.19. The maximum Gasteiger partial charge on any atom is 0.341 e. The smallest absolute Gasteiger partial charge is 0.341 e. The van der Waals surface area contributed by atoms with Gasteiger partial charge < -0.3 is 4.74 Å². The fraction of sp³-hybridized carbons (Fsp3) is 0.263. The van der Waals surface area contributed by atoms with Gasteiger partial charge in [0.25, 0.3) is 0 Å². The van der Waals surface area contributed by atoms with Crippen molar-refractivity contribution in [2.24, 2.45) is 0 Å². The van der Waals surface area contributed by atoms with E-state index in [2.05, 4.69) is 0 Å². The van der Waals surface area contributed by atoms with Crippen LogP contribution in [0.5, 0.6) is 0 Å². The first-order valence-electron chi connectivity index (χ1n) is 8.39. The molecule has 0 saturated heterocycles. The predicted molar refractivity (Wildman–Crippen MR) is 96.7 cm³/mol. The summed E-state index contributed by atoms with van der Waals surface area (Å²) in [4.78, 5) is 12.0. The number of nitrogens with zero attached hydrogens (tertiary/aromatic N) is 2. The van der Waals surface area contributed by atoms with Gasteiger partial charge in [0.15, 0.2) is 0 Å². The maximum atomic E-state index is 14.1. The van der Waals surface area contributed by atoms with Crippen LogP contribution in [-0.4, -0.2) is 31.8 Å². The number of carbonyl (C=O) groups excluding carboxylic acids is 1. The topological polar surface area (TPSA) is 87.5 Å². The lowest BCUT2D eigenvalue weighted by Gasteiger charge is -2.18. The number of hydrogen-bond donors (Lipinski definition) is 0. The Bertz CT molecular complexity index is 1030. The van der Waals surface area contributed by atoms with Crippen LogP contribution in [0.15, 0.2) is 41.3 Å². The summed E-state index contributed by atoms with van der Waals surface area (Å²) in [6.45, 7) is 3.20. The van der Waals surface area contributed by atoms with Crippen molar-refractivity contribution in [2.45, 2.75) is 25.3 Å². The summed E-state index contributed by atoms with van der Waals surface area (Å²) >= 11 is 0. The van der Waals surface area contributed by atoms with Crippen LogP contribution in [0.25, 0.3) is 0 Å². The minimum atomic E-state index is -3.89. The average Bonchev–Trinajstić information content (AvgIpc) is 2.68. The second-order valence-electron chi connectivity index (χ2n) is 5.73.